The lowest BCUT2D eigenvalue weighted by Gasteiger charge is -2.18. The molecule has 1 rings (SSSR count). The summed E-state index contributed by atoms with van der Waals surface area (Å²) in [5.41, 5.74) is 7.78. The number of hydrogen-bond acceptors (Lipinski definition) is 2. The highest BCUT2D eigenvalue weighted by atomic mass is 16.1. The van der Waals surface area contributed by atoms with Crippen molar-refractivity contribution in [2.24, 2.45) is 5.73 Å². The Morgan fingerprint density at radius 2 is 1.90 bits per heavy atom. The van der Waals surface area contributed by atoms with Gasteiger partial charge in [0.2, 0.25) is 5.91 Å². The molecule has 0 fully saturated rings. The van der Waals surface area contributed by atoms with Crippen LogP contribution in [-0.4, -0.2) is 12.5 Å². The Morgan fingerprint density at radius 1 is 1.25 bits per heavy atom. The van der Waals surface area contributed by atoms with Crippen molar-refractivity contribution in [2.45, 2.75) is 45.6 Å². The number of amides is 1. The smallest absolute Gasteiger partial charge is 0.243 e. The van der Waals surface area contributed by atoms with Gasteiger partial charge in [0, 0.05) is 18.2 Å². The molecule has 0 aliphatic rings. The molecule has 0 bridgehead atoms. The van der Waals surface area contributed by atoms with Crippen molar-refractivity contribution in [2.75, 3.05) is 6.54 Å². The van der Waals surface area contributed by atoms with Crippen molar-refractivity contribution < 1.29 is 4.79 Å². The molecular formula is C17H26N2O. The number of benzene rings is 1. The minimum Gasteiger partial charge on any atom is -0.353 e. The summed E-state index contributed by atoms with van der Waals surface area (Å²) in [4.78, 5) is 11.6. The lowest BCUT2D eigenvalue weighted by Crippen LogP contribution is -2.28. The quantitative estimate of drug-likeness (QED) is 0.592. The monoisotopic (exact) mass is 274 g/mol. The highest BCUT2D eigenvalue weighted by Gasteiger charge is 2.12. The fourth-order valence-electron chi connectivity index (χ4n) is 1.84. The molecule has 0 saturated heterocycles. The van der Waals surface area contributed by atoms with Gasteiger partial charge in [-0.3, -0.25) is 4.79 Å². The van der Waals surface area contributed by atoms with Gasteiger partial charge in [-0.05, 0) is 37.5 Å². The summed E-state index contributed by atoms with van der Waals surface area (Å²) in [5.74, 6) is -0.0377. The number of hydrogen-bond donors (Lipinski definition) is 2. The highest BCUT2D eigenvalue weighted by molar-refractivity contribution is 5.91. The van der Waals surface area contributed by atoms with Crippen molar-refractivity contribution in [1.82, 2.24) is 5.32 Å². The largest absolute Gasteiger partial charge is 0.353 e. The summed E-state index contributed by atoms with van der Waals surface area (Å²) in [6, 6.07) is 7.95. The van der Waals surface area contributed by atoms with Gasteiger partial charge in [-0.2, -0.15) is 0 Å². The van der Waals surface area contributed by atoms with Crippen LogP contribution >= 0.6 is 0 Å². The summed E-state index contributed by atoms with van der Waals surface area (Å²) in [6.07, 6.45) is 6.75. The van der Waals surface area contributed by atoms with Crippen molar-refractivity contribution in [3.05, 3.63) is 41.5 Å². The SMILES string of the molecule is CCCCCNC(=O)/C=C/c1ccc(C(C)(C)N)cc1. The Morgan fingerprint density at radius 3 is 2.45 bits per heavy atom. The van der Waals surface area contributed by atoms with Crippen LogP contribution < -0.4 is 11.1 Å². The van der Waals surface area contributed by atoms with Crippen molar-refractivity contribution in [1.29, 1.82) is 0 Å². The van der Waals surface area contributed by atoms with Crippen LogP contribution in [0.1, 0.15) is 51.2 Å². The van der Waals surface area contributed by atoms with Gasteiger partial charge < -0.3 is 11.1 Å². The number of carbonyl (C=O) groups excluding carboxylic acids is 1. The Kier molecular flexibility index (Phi) is 6.46. The third-order valence-electron chi connectivity index (χ3n) is 3.16. The van der Waals surface area contributed by atoms with Crippen LogP contribution in [-0.2, 0) is 10.3 Å². The van der Waals surface area contributed by atoms with E-state index < -0.39 is 0 Å². The molecule has 3 N–H and O–H groups in total. The van der Waals surface area contributed by atoms with E-state index in [9.17, 15) is 4.79 Å². The molecule has 20 heavy (non-hydrogen) atoms. The van der Waals surface area contributed by atoms with Crippen LogP contribution in [0, 0.1) is 0 Å². The van der Waals surface area contributed by atoms with Crippen LogP contribution in [0.3, 0.4) is 0 Å². The first-order valence-corrected chi connectivity index (χ1v) is 7.29. The molecule has 0 aliphatic heterocycles. The molecule has 110 valence electrons. The van der Waals surface area contributed by atoms with Gasteiger partial charge in [0.1, 0.15) is 0 Å². The normalized spacial score (nSPS) is 11.8. The Hall–Kier alpha value is -1.61. The molecular weight excluding hydrogens is 248 g/mol. The first-order chi connectivity index (χ1) is 9.43. The van der Waals surface area contributed by atoms with Crippen LogP contribution in [0.2, 0.25) is 0 Å². The maximum atomic E-state index is 11.6. The first-order valence-electron chi connectivity index (χ1n) is 7.29. The molecule has 0 spiro atoms. The Balaban J connectivity index is 2.47. The van der Waals surface area contributed by atoms with E-state index >= 15 is 0 Å². The first kappa shape index (κ1) is 16.4. The molecule has 0 heterocycles. The van der Waals surface area contributed by atoms with Gasteiger partial charge in [0.05, 0.1) is 0 Å². The van der Waals surface area contributed by atoms with Gasteiger partial charge >= 0.3 is 0 Å². The number of nitrogens with two attached hydrogens (primary N) is 1. The van der Waals surface area contributed by atoms with Crippen molar-refractivity contribution in [3.63, 3.8) is 0 Å². The number of unbranched alkanes of at least 4 members (excludes halogenated alkanes) is 2. The standard InChI is InChI=1S/C17H26N2O/c1-4-5-6-13-19-16(20)12-9-14-7-10-15(11-8-14)17(2,3)18/h7-12H,4-6,13,18H2,1-3H3,(H,19,20)/b12-9+. The predicted molar refractivity (Wildman–Crippen MR) is 85.2 cm³/mol. The Labute approximate surface area is 122 Å². The van der Waals surface area contributed by atoms with Gasteiger partial charge in [-0.1, -0.05) is 44.0 Å². The van der Waals surface area contributed by atoms with E-state index in [-0.39, 0.29) is 11.4 Å². The summed E-state index contributed by atoms with van der Waals surface area (Å²) < 4.78 is 0. The van der Waals surface area contributed by atoms with Crippen LogP contribution in [0.25, 0.3) is 6.08 Å². The number of rotatable bonds is 7. The molecule has 0 aliphatic carbocycles. The minimum absolute atomic E-state index is 0.0377. The molecule has 0 unspecified atom stereocenters. The highest BCUT2D eigenvalue weighted by Crippen LogP contribution is 2.17. The summed E-state index contributed by atoms with van der Waals surface area (Å²) in [6.45, 7) is 6.84. The van der Waals surface area contributed by atoms with E-state index in [1.807, 2.05) is 44.2 Å². The van der Waals surface area contributed by atoms with E-state index in [1.54, 1.807) is 6.08 Å². The van der Waals surface area contributed by atoms with Gasteiger partial charge in [0.15, 0.2) is 0 Å². The average Bonchev–Trinajstić information content (AvgIpc) is 2.41. The van der Waals surface area contributed by atoms with Crippen LogP contribution in [0.15, 0.2) is 30.3 Å². The molecule has 3 nitrogen and oxygen atoms in total. The summed E-state index contributed by atoms with van der Waals surface area (Å²) in [5, 5.41) is 2.88. The lowest BCUT2D eigenvalue weighted by atomic mass is 9.95. The van der Waals surface area contributed by atoms with E-state index in [1.165, 1.54) is 0 Å². The maximum absolute atomic E-state index is 11.6. The summed E-state index contributed by atoms with van der Waals surface area (Å²) in [7, 11) is 0. The number of carbonyl (C=O) groups is 1. The third-order valence-corrected chi connectivity index (χ3v) is 3.16. The van der Waals surface area contributed by atoms with Gasteiger partial charge in [0.25, 0.3) is 0 Å². The molecule has 0 atom stereocenters. The zero-order valence-corrected chi connectivity index (χ0v) is 12.8. The second-order valence-corrected chi connectivity index (χ2v) is 5.68. The topological polar surface area (TPSA) is 55.1 Å². The fourth-order valence-corrected chi connectivity index (χ4v) is 1.84. The molecule has 1 aromatic rings. The van der Waals surface area contributed by atoms with E-state index in [2.05, 4.69) is 12.2 Å². The Bertz CT molecular complexity index is 441. The molecule has 0 saturated carbocycles. The van der Waals surface area contributed by atoms with Gasteiger partial charge in [-0.25, -0.2) is 0 Å². The van der Waals surface area contributed by atoms with Crippen molar-refractivity contribution in [3.8, 4) is 0 Å². The van der Waals surface area contributed by atoms with E-state index in [0.29, 0.717) is 0 Å². The zero-order chi connectivity index (χ0) is 15.0. The van der Waals surface area contributed by atoms with Crippen LogP contribution in [0.4, 0.5) is 0 Å². The zero-order valence-electron chi connectivity index (χ0n) is 12.8. The third kappa shape index (κ3) is 6.02. The van der Waals surface area contributed by atoms with Crippen molar-refractivity contribution >= 4 is 12.0 Å². The molecule has 0 radical (unpaired) electrons. The fraction of sp³-hybridized carbons (Fsp3) is 0.471. The second kappa shape index (κ2) is 7.85. The van der Waals surface area contributed by atoms with E-state index in [0.717, 1.165) is 36.9 Å². The molecule has 1 aromatic carbocycles. The molecule has 1 amide bonds. The minimum atomic E-state index is -0.334. The van der Waals surface area contributed by atoms with Gasteiger partial charge in [-0.15, -0.1) is 0 Å². The maximum Gasteiger partial charge on any atom is 0.243 e. The average molecular weight is 274 g/mol. The van der Waals surface area contributed by atoms with E-state index in [4.69, 9.17) is 5.73 Å². The second-order valence-electron chi connectivity index (χ2n) is 5.68. The predicted octanol–water partition coefficient (Wildman–Crippen LogP) is 3.20. The number of nitrogens with one attached hydrogen (secondary N) is 1. The molecule has 0 aromatic heterocycles. The van der Waals surface area contributed by atoms with Crippen LogP contribution in [0.5, 0.6) is 0 Å². The molecule has 3 heteroatoms. The lowest BCUT2D eigenvalue weighted by molar-refractivity contribution is -0.116. The summed E-state index contributed by atoms with van der Waals surface area (Å²) >= 11 is 0.